The minimum Gasteiger partial charge on any atom is -0.361 e. The number of hydrogen-bond acceptors (Lipinski definition) is 3. The minimum atomic E-state index is 0.471. The number of rotatable bonds is 4. The Kier molecular flexibility index (Phi) is 3.44. The second-order valence-electron chi connectivity index (χ2n) is 3.63. The molecule has 0 aliphatic heterocycles. The zero-order valence-electron chi connectivity index (χ0n) is 8.53. The Bertz CT molecular complexity index is 408. The van der Waals surface area contributed by atoms with E-state index in [1.165, 1.54) is 4.70 Å². The van der Waals surface area contributed by atoms with E-state index < -0.39 is 0 Å². The number of thiazole rings is 1. The molecule has 1 heterocycles. The molecule has 1 N–H and O–H groups in total. The van der Waals surface area contributed by atoms with Crippen LogP contribution in [0.3, 0.4) is 0 Å². The highest BCUT2D eigenvalue weighted by Gasteiger charge is 2.04. The zero-order chi connectivity index (χ0) is 10.7. The van der Waals surface area contributed by atoms with Crippen LogP contribution in [0.1, 0.15) is 6.92 Å². The fourth-order valence-corrected chi connectivity index (χ4v) is 2.25. The van der Waals surface area contributed by atoms with Crippen molar-refractivity contribution in [3.8, 4) is 0 Å². The molecular weight excluding hydrogens is 228 g/mol. The molecule has 80 valence electrons. The first-order chi connectivity index (χ1) is 7.29. The third-order valence-electron chi connectivity index (χ3n) is 2.16. The highest BCUT2D eigenvalue weighted by Crippen LogP contribution is 2.25. The summed E-state index contributed by atoms with van der Waals surface area (Å²) >= 11 is 7.42. The quantitative estimate of drug-likeness (QED) is 0.827. The maximum absolute atomic E-state index is 5.74. The van der Waals surface area contributed by atoms with Gasteiger partial charge in [-0.05, 0) is 18.1 Å². The summed E-state index contributed by atoms with van der Waals surface area (Å²) < 4.78 is 1.22. The van der Waals surface area contributed by atoms with Crippen LogP contribution in [0.2, 0.25) is 0 Å². The molecule has 1 aromatic heterocycles. The summed E-state index contributed by atoms with van der Waals surface area (Å²) in [6, 6.07) is 8.16. The van der Waals surface area contributed by atoms with Crippen LogP contribution in [0.15, 0.2) is 24.3 Å². The van der Waals surface area contributed by atoms with E-state index in [4.69, 9.17) is 11.6 Å². The highest BCUT2D eigenvalue weighted by atomic mass is 35.5. The van der Waals surface area contributed by atoms with Crippen molar-refractivity contribution in [1.29, 1.82) is 0 Å². The van der Waals surface area contributed by atoms with Gasteiger partial charge in [0.05, 0.1) is 10.2 Å². The van der Waals surface area contributed by atoms with Crippen molar-refractivity contribution in [3.05, 3.63) is 24.3 Å². The summed E-state index contributed by atoms with van der Waals surface area (Å²) in [5, 5.41) is 4.29. The summed E-state index contributed by atoms with van der Waals surface area (Å²) in [4.78, 5) is 4.48. The minimum absolute atomic E-state index is 0.471. The number of halogens is 1. The number of nitrogens with zero attached hydrogens (tertiary/aromatic N) is 1. The molecule has 15 heavy (non-hydrogen) atoms. The molecule has 1 unspecified atom stereocenters. The Morgan fingerprint density at radius 1 is 1.47 bits per heavy atom. The van der Waals surface area contributed by atoms with Crippen molar-refractivity contribution in [2.45, 2.75) is 6.92 Å². The van der Waals surface area contributed by atoms with Crippen LogP contribution in [0, 0.1) is 5.92 Å². The number of anilines is 1. The molecule has 0 amide bonds. The normalized spacial score (nSPS) is 12.9. The molecule has 2 rings (SSSR count). The molecule has 0 aliphatic carbocycles. The first kappa shape index (κ1) is 10.7. The predicted molar refractivity (Wildman–Crippen MR) is 68.0 cm³/mol. The Balaban J connectivity index is 2.09. The van der Waals surface area contributed by atoms with Crippen molar-refractivity contribution < 1.29 is 0 Å². The molecule has 0 spiro atoms. The van der Waals surface area contributed by atoms with Gasteiger partial charge in [0, 0.05) is 12.4 Å². The summed E-state index contributed by atoms with van der Waals surface area (Å²) in [6.45, 7) is 3.00. The number of alkyl halides is 1. The van der Waals surface area contributed by atoms with Gasteiger partial charge in [0.25, 0.3) is 0 Å². The molecular formula is C11H13ClN2S. The molecule has 2 aromatic rings. The van der Waals surface area contributed by atoms with Crippen LogP contribution in [0.5, 0.6) is 0 Å². The molecule has 2 nitrogen and oxygen atoms in total. The summed E-state index contributed by atoms with van der Waals surface area (Å²) in [5.74, 6) is 1.15. The standard InChI is InChI=1S/C11H13ClN2S/c1-8(6-12)7-13-11-14-9-4-2-3-5-10(9)15-11/h2-5,8H,6-7H2,1H3,(H,13,14). The third-order valence-corrected chi connectivity index (χ3v) is 3.68. The van der Waals surface area contributed by atoms with Crippen LogP contribution in [-0.4, -0.2) is 17.4 Å². The lowest BCUT2D eigenvalue weighted by molar-refractivity contribution is 0.696. The van der Waals surface area contributed by atoms with Gasteiger partial charge in [-0.15, -0.1) is 11.6 Å². The van der Waals surface area contributed by atoms with Gasteiger partial charge in [-0.1, -0.05) is 30.4 Å². The number of aromatic nitrogens is 1. The molecule has 1 aromatic carbocycles. The summed E-state index contributed by atoms with van der Waals surface area (Å²) in [5.41, 5.74) is 1.06. The number of fused-ring (bicyclic) bond motifs is 1. The molecule has 0 radical (unpaired) electrons. The number of benzene rings is 1. The summed E-state index contributed by atoms with van der Waals surface area (Å²) in [6.07, 6.45) is 0. The smallest absolute Gasteiger partial charge is 0.183 e. The lowest BCUT2D eigenvalue weighted by atomic mass is 10.2. The average Bonchev–Trinajstić information content (AvgIpc) is 2.68. The largest absolute Gasteiger partial charge is 0.361 e. The van der Waals surface area contributed by atoms with E-state index in [2.05, 4.69) is 23.3 Å². The molecule has 0 saturated heterocycles. The average molecular weight is 241 g/mol. The lowest BCUT2D eigenvalue weighted by Gasteiger charge is -2.06. The Labute approximate surface area is 98.3 Å². The molecule has 0 fully saturated rings. The topological polar surface area (TPSA) is 24.9 Å². The van der Waals surface area contributed by atoms with Crippen molar-refractivity contribution >= 4 is 38.3 Å². The van der Waals surface area contributed by atoms with Gasteiger partial charge in [0.2, 0.25) is 0 Å². The van der Waals surface area contributed by atoms with Gasteiger partial charge >= 0.3 is 0 Å². The first-order valence-corrected chi connectivity index (χ1v) is 6.30. The van der Waals surface area contributed by atoms with Crippen LogP contribution < -0.4 is 5.32 Å². The van der Waals surface area contributed by atoms with Crippen LogP contribution in [0.4, 0.5) is 5.13 Å². The van der Waals surface area contributed by atoms with Crippen LogP contribution >= 0.6 is 22.9 Å². The van der Waals surface area contributed by atoms with Gasteiger partial charge in [-0.3, -0.25) is 0 Å². The third kappa shape index (κ3) is 2.61. The fourth-order valence-electron chi connectivity index (χ4n) is 1.26. The van der Waals surface area contributed by atoms with Crippen LogP contribution in [-0.2, 0) is 0 Å². The van der Waals surface area contributed by atoms with Gasteiger partial charge in [-0.25, -0.2) is 4.98 Å². The fraction of sp³-hybridized carbons (Fsp3) is 0.364. The van der Waals surface area contributed by atoms with Gasteiger partial charge < -0.3 is 5.32 Å². The van der Waals surface area contributed by atoms with Gasteiger partial charge in [0.1, 0.15) is 0 Å². The Morgan fingerprint density at radius 3 is 3.00 bits per heavy atom. The van der Waals surface area contributed by atoms with Crippen molar-refractivity contribution in [2.24, 2.45) is 5.92 Å². The monoisotopic (exact) mass is 240 g/mol. The Morgan fingerprint density at radius 2 is 2.27 bits per heavy atom. The number of para-hydroxylation sites is 1. The van der Waals surface area contributed by atoms with Crippen LogP contribution in [0.25, 0.3) is 10.2 Å². The molecule has 1 atom stereocenters. The molecule has 0 saturated carbocycles. The van der Waals surface area contributed by atoms with Gasteiger partial charge in [-0.2, -0.15) is 0 Å². The van der Waals surface area contributed by atoms with Crippen molar-refractivity contribution in [2.75, 3.05) is 17.7 Å². The second kappa shape index (κ2) is 4.81. The second-order valence-corrected chi connectivity index (χ2v) is 4.97. The predicted octanol–water partition coefficient (Wildman–Crippen LogP) is 3.58. The molecule has 0 aliphatic rings. The maximum atomic E-state index is 5.74. The first-order valence-electron chi connectivity index (χ1n) is 4.95. The zero-order valence-corrected chi connectivity index (χ0v) is 10.1. The van der Waals surface area contributed by atoms with Gasteiger partial charge in [0.15, 0.2) is 5.13 Å². The van der Waals surface area contributed by atoms with E-state index in [0.29, 0.717) is 11.8 Å². The van der Waals surface area contributed by atoms with Crippen molar-refractivity contribution in [3.63, 3.8) is 0 Å². The van der Waals surface area contributed by atoms with Crippen molar-refractivity contribution in [1.82, 2.24) is 4.98 Å². The van der Waals surface area contributed by atoms with E-state index in [1.807, 2.05) is 18.2 Å². The highest BCUT2D eigenvalue weighted by molar-refractivity contribution is 7.22. The molecule has 0 bridgehead atoms. The van der Waals surface area contributed by atoms with E-state index >= 15 is 0 Å². The number of nitrogens with one attached hydrogen (secondary N) is 1. The van der Waals surface area contributed by atoms with E-state index in [1.54, 1.807) is 11.3 Å². The molecule has 4 heteroatoms. The van der Waals surface area contributed by atoms with E-state index in [9.17, 15) is 0 Å². The SMILES string of the molecule is CC(CCl)CNc1nc2ccccc2s1. The lowest BCUT2D eigenvalue weighted by Crippen LogP contribution is -2.11. The number of hydrogen-bond donors (Lipinski definition) is 1. The van der Waals surface area contributed by atoms with E-state index in [-0.39, 0.29) is 0 Å². The van der Waals surface area contributed by atoms with E-state index in [0.717, 1.165) is 17.2 Å². The Hall–Kier alpha value is -0.800. The summed E-state index contributed by atoms with van der Waals surface area (Å²) in [7, 11) is 0. The maximum Gasteiger partial charge on any atom is 0.183 e.